The summed E-state index contributed by atoms with van der Waals surface area (Å²) >= 11 is 0. The average Bonchev–Trinajstić information content (AvgIpc) is 3.23. The van der Waals surface area contributed by atoms with Crippen LogP contribution >= 0.6 is 0 Å². The van der Waals surface area contributed by atoms with Gasteiger partial charge in [0.25, 0.3) is 0 Å². The van der Waals surface area contributed by atoms with Gasteiger partial charge in [-0.15, -0.1) is 0 Å². The number of rotatable bonds is 4. The summed E-state index contributed by atoms with van der Waals surface area (Å²) < 4.78 is 5.47. The number of likely N-dealkylation sites (tertiary alicyclic amines) is 1. The number of nitrogens with one attached hydrogen (secondary N) is 2. The van der Waals surface area contributed by atoms with Gasteiger partial charge < -0.3 is 14.6 Å². The highest BCUT2D eigenvalue weighted by molar-refractivity contribution is 5.68. The van der Waals surface area contributed by atoms with Crippen molar-refractivity contribution in [2.24, 2.45) is 0 Å². The van der Waals surface area contributed by atoms with E-state index < -0.39 is 5.60 Å². The van der Waals surface area contributed by atoms with Gasteiger partial charge in [-0.1, -0.05) is 30.3 Å². The molecule has 1 aliphatic rings. The number of carbonyl (C=O) groups is 1. The van der Waals surface area contributed by atoms with E-state index in [-0.39, 0.29) is 18.2 Å². The lowest BCUT2D eigenvalue weighted by atomic mass is 10.0. The smallest absolute Gasteiger partial charge is 0.410 e. The van der Waals surface area contributed by atoms with Crippen LogP contribution in [0.4, 0.5) is 4.79 Å². The van der Waals surface area contributed by atoms with Crippen LogP contribution in [0.3, 0.4) is 0 Å². The molecule has 3 rings (SSSR count). The molecule has 1 aliphatic heterocycles. The Morgan fingerprint density at radius 2 is 2.12 bits per heavy atom. The molecule has 1 saturated heterocycles. The Bertz CT molecular complexity index is 679. The predicted molar refractivity (Wildman–Crippen MR) is 96.2 cm³/mol. The van der Waals surface area contributed by atoms with Gasteiger partial charge in [-0.05, 0) is 32.8 Å². The maximum atomic E-state index is 12.2. The molecule has 6 heteroatoms. The quantitative estimate of drug-likeness (QED) is 0.896. The molecule has 0 saturated carbocycles. The van der Waals surface area contributed by atoms with Gasteiger partial charge in [0.05, 0.1) is 6.04 Å². The molecule has 6 nitrogen and oxygen atoms in total. The molecule has 0 bridgehead atoms. The Labute approximate surface area is 148 Å². The Morgan fingerprint density at radius 3 is 2.76 bits per heavy atom. The van der Waals surface area contributed by atoms with Crippen LogP contribution in [-0.2, 0) is 4.74 Å². The number of hydrogen-bond acceptors (Lipinski definition) is 4. The minimum absolute atomic E-state index is 0.0280. The van der Waals surface area contributed by atoms with Gasteiger partial charge in [0, 0.05) is 31.5 Å². The van der Waals surface area contributed by atoms with E-state index in [1.807, 2.05) is 45.2 Å². The second-order valence-electron chi connectivity index (χ2n) is 7.40. The number of carbonyl (C=O) groups excluding carboxylic acids is 1. The number of nitrogens with zero attached hydrogens (tertiary/aromatic N) is 2. The van der Waals surface area contributed by atoms with Crippen LogP contribution < -0.4 is 5.32 Å². The molecule has 1 aromatic heterocycles. The summed E-state index contributed by atoms with van der Waals surface area (Å²) in [6.07, 6.45) is 4.23. The summed E-state index contributed by atoms with van der Waals surface area (Å²) in [5.74, 6) is 0.877. The third-order valence-corrected chi connectivity index (χ3v) is 4.17. The van der Waals surface area contributed by atoms with Crippen LogP contribution in [0.1, 0.15) is 44.6 Å². The van der Waals surface area contributed by atoms with Gasteiger partial charge in [0.15, 0.2) is 0 Å². The van der Waals surface area contributed by atoms with E-state index in [1.54, 1.807) is 11.1 Å². The van der Waals surface area contributed by atoms with Gasteiger partial charge in [0.2, 0.25) is 0 Å². The van der Waals surface area contributed by atoms with E-state index in [0.29, 0.717) is 13.1 Å². The molecule has 0 unspecified atom stereocenters. The lowest BCUT2D eigenvalue weighted by Gasteiger charge is -2.25. The molecule has 1 aromatic carbocycles. The minimum atomic E-state index is -0.469. The van der Waals surface area contributed by atoms with E-state index in [9.17, 15) is 4.79 Å². The number of aromatic amines is 1. The third kappa shape index (κ3) is 4.60. The molecule has 2 N–H and O–H groups in total. The lowest BCUT2D eigenvalue weighted by molar-refractivity contribution is 0.0290. The molecule has 2 heterocycles. The Morgan fingerprint density at radius 1 is 1.36 bits per heavy atom. The zero-order chi connectivity index (χ0) is 17.9. The first-order chi connectivity index (χ1) is 11.9. The topological polar surface area (TPSA) is 70.2 Å². The molecular formula is C19H26N4O2. The Balaban J connectivity index is 1.67. The molecule has 25 heavy (non-hydrogen) atoms. The first kappa shape index (κ1) is 17.5. The largest absolute Gasteiger partial charge is 0.444 e. The standard InChI is InChI=1S/C19H26N4O2/c1-19(2,3)25-18(24)23-12-9-15(13-23)22-16(17-20-10-11-21-17)14-7-5-4-6-8-14/h4-8,10-11,15-16,22H,9,12-13H2,1-3H3,(H,20,21)/t15-,16+/m0/s1. The van der Waals surface area contributed by atoms with Crippen LogP contribution in [0.15, 0.2) is 42.7 Å². The van der Waals surface area contributed by atoms with Gasteiger partial charge in [-0.3, -0.25) is 5.32 Å². The number of aromatic nitrogens is 2. The molecule has 2 aromatic rings. The van der Waals surface area contributed by atoms with Crippen molar-refractivity contribution < 1.29 is 9.53 Å². The van der Waals surface area contributed by atoms with Gasteiger partial charge >= 0.3 is 6.09 Å². The summed E-state index contributed by atoms with van der Waals surface area (Å²) in [5, 5.41) is 3.64. The van der Waals surface area contributed by atoms with Crippen LogP contribution in [0.2, 0.25) is 0 Å². The van der Waals surface area contributed by atoms with E-state index in [4.69, 9.17) is 4.74 Å². The lowest BCUT2D eigenvalue weighted by Crippen LogP contribution is -2.39. The van der Waals surface area contributed by atoms with E-state index >= 15 is 0 Å². The highest BCUT2D eigenvalue weighted by Crippen LogP contribution is 2.22. The summed E-state index contributed by atoms with van der Waals surface area (Å²) in [6.45, 7) is 7.00. The van der Waals surface area contributed by atoms with Crippen molar-refractivity contribution in [3.63, 3.8) is 0 Å². The fourth-order valence-corrected chi connectivity index (χ4v) is 3.04. The van der Waals surface area contributed by atoms with Crippen LogP contribution in [-0.4, -0.2) is 45.7 Å². The first-order valence-corrected chi connectivity index (χ1v) is 8.70. The zero-order valence-corrected chi connectivity index (χ0v) is 15.0. The molecule has 1 amide bonds. The normalized spacial score (nSPS) is 19.0. The van der Waals surface area contributed by atoms with Crippen LogP contribution in [0.5, 0.6) is 0 Å². The van der Waals surface area contributed by atoms with Crippen molar-refractivity contribution in [1.82, 2.24) is 20.2 Å². The van der Waals surface area contributed by atoms with Gasteiger partial charge in [-0.25, -0.2) is 9.78 Å². The highest BCUT2D eigenvalue weighted by Gasteiger charge is 2.31. The average molecular weight is 342 g/mol. The monoisotopic (exact) mass is 342 g/mol. The van der Waals surface area contributed by atoms with E-state index in [0.717, 1.165) is 17.8 Å². The summed E-state index contributed by atoms with van der Waals surface area (Å²) in [6, 6.07) is 10.4. The van der Waals surface area contributed by atoms with Crippen molar-refractivity contribution in [2.45, 2.75) is 44.9 Å². The molecule has 0 spiro atoms. The van der Waals surface area contributed by atoms with Crippen molar-refractivity contribution >= 4 is 6.09 Å². The zero-order valence-electron chi connectivity index (χ0n) is 15.0. The minimum Gasteiger partial charge on any atom is -0.444 e. The molecule has 134 valence electrons. The van der Waals surface area contributed by atoms with Crippen molar-refractivity contribution in [2.75, 3.05) is 13.1 Å². The SMILES string of the molecule is CC(C)(C)OC(=O)N1CC[C@H](N[C@H](c2ccccc2)c2ncc[nH]2)C1. The van der Waals surface area contributed by atoms with E-state index in [2.05, 4.69) is 27.4 Å². The number of imidazole rings is 1. The predicted octanol–water partition coefficient (Wildman–Crippen LogP) is 3.10. The van der Waals surface area contributed by atoms with Gasteiger partial charge in [0.1, 0.15) is 11.4 Å². The number of H-pyrrole nitrogens is 1. The van der Waals surface area contributed by atoms with E-state index in [1.165, 1.54) is 0 Å². The molecule has 1 fully saturated rings. The number of amides is 1. The summed E-state index contributed by atoms with van der Waals surface area (Å²) in [4.78, 5) is 21.6. The molecule has 0 aliphatic carbocycles. The molecular weight excluding hydrogens is 316 g/mol. The molecule has 2 atom stereocenters. The first-order valence-electron chi connectivity index (χ1n) is 8.70. The Kier molecular flexibility index (Phi) is 5.08. The maximum absolute atomic E-state index is 12.2. The van der Waals surface area contributed by atoms with Crippen molar-refractivity contribution in [3.05, 3.63) is 54.1 Å². The number of hydrogen-bond donors (Lipinski definition) is 2. The molecule has 0 radical (unpaired) electrons. The Hall–Kier alpha value is -2.34. The van der Waals surface area contributed by atoms with Gasteiger partial charge in [-0.2, -0.15) is 0 Å². The summed E-state index contributed by atoms with van der Waals surface area (Å²) in [5.41, 5.74) is 0.678. The fraction of sp³-hybridized carbons (Fsp3) is 0.474. The highest BCUT2D eigenvalue weighted by atomic mass is 16.6. The maximum Gasteiger partial charge on any atom is 0.410 e. The second kappa shape index (κ2) is 7.27. The third-order valence-electron chi connectivity index (χ3n) is 4.17. The fourth-order valence-electron chi connectivity index (χ4n) is 3.04. The van der Waals surface area contributed by atoms with Crippen molar-refractivity contribution in [1.29, 1.82) is 0 Å². The number of benzene rings is 1. The van der Waals surface area contributed by atoms with Crippen molar-refractivity contribution in [3.8, 4) is 0 Å². The van der Waals surface area contributed by atoms with Crippen LogP contribution in [0, 0.1) is 0 Å². The van der Waals surface area contributed by atoms with Crippen LogP contribution in [0.25, 0.3) is 0 Å². The summed E-state index contributed by atoms with van der Waals surface area (Å²) in [7, 11) is 0. The second-order valence-corrected chi connectivity index (χ2v) is 7.40. The number of ether oxygens (including phenoxy) is 1.